The summed E-state index contributed by atoms with van der Waals surface area (Å²) in [5.41, 5.74) is 0.951. The maximum absolute atomic E-state index is 10.9. The Balaban J connectivity index is 1.82. The first-order chi connectivity index (χ1) is 8.27. The van der Waals surface area contributed by atoms with Gasteiger partial charge in [-0.3, -0.25) is 10.1 Å². The van der Waals surface area contributed by atoms with Crippen molar-refractivity contribution in [3.05, 3.63) is 35.9 Å². The number of carbonyl (C=O) groups is 1. The Labute approximate surface area is 101 Å². The van der Waals surface area contributed by atoms with E-state index in [1.54, 1.807) is 0 Å². The number of hydrogen-bond donors (Lipinski definition) is 2. The average molecular weight is 229 g/mol. The van der Waals surface area contributed by atoms with E-state index >= 15 is 0 Å². The van der Waals surface area contributed by atoms with Crippen molar-refractivity contribution in [3.63, 3.8) is 0 Å². The zero-order valence-electron chi connectivity index (χ0n) is 9.52. The molecule has 1 aromatic carbocycles. The Kier molecular flexibility index (Phi) is 3.79. The second-order valence-corrected chi connectivity index (χ2v) is 4.20. The third-order valence-corrected chi connectivity index (χ3v) is 2.78. The first kappa shape index (κ1) is 11.7. The van der Waals surface area contributed by atoms with Crippen LogP contribution in [0, 0.1) is 17.8 Å². The van der Waals surface area contributed by atoms with Crippen molar-refractivity contribution >= 4 is 5.97 Å². The monoisotopic (exact) mass is 229 g/mol. The number of aliphatic carboxylic acids is 1. The fourth-order valence-electron chi connectivity index (χ4n) is 1.71. The summed E-state index contributed by atoms with van der Waals surface area (Å²) in [6, 6.07) is 9.24. The summed E-state index contributed by atoms with van der Waals surface area (Å²) in [5.74, 6) is 5.47. The van der Waals surface area contributed by atoms with Gasteiger partial charge < -0.3 is 5.11 Å². The van der Waals surface area contributed by atoms with Crippen molar-refractivity contribution < 1.29 is 9.90 Å². The predicted octanol–water partition coefficient (Wildman–Crippen LogP) is 1.49. The maximum Gasteiger partial charge on any atom is 0.321 e. The fourth-order valence-corrected chi connectivity index (χ4v) is 1.71. The molecular weight excluding hydrogens is 214 g/mol. The molecule has 0 aliphatic heterocycles. The Morgan fingerprint density at radius 1 is 1.41 bits per heavy atom. The van der Waals surface area contributed by atoms with E-state index in [2.05, 4.69) is 17.2 Å². The Bertz CT molecular complexity index is 440. The van der Waals surface area contributed by atoms with Crippen molar-refractivity contribution in [2.75, 3.05) is 6.54 Å². The van der Waals surface area contributed by atoms with Gasteiger partial charge in [0.2, 0.25) is 0 Å². The quantitative estimate of drug-likeness (QED) is 0.769. The third kappa shape index (κ3) is 3.61. The van der Waals surface area contributed by atoms with Crippen LogP contribution in [0.5, 0.6) is 0 Å². The van der Waals surface area contributed by atoms with Crippen molar-refractivity contribution in [1.82, 2.24) is 5.32 Å². The SMILES string of the molecule is O=C(O)C(NCC#Cc1ccccc1)C1CC1. The summed E-state index contributed by atoms with van der Waals surface area (Å²) < 4.78 is 0. The molecule has 1 atom stereocenters. The number of carboxylic acid groups (broad SMARTS) is 1. The molecule has 0 heterocycles. The van der Waals surface area contributed by atoms with Crippen molar-refractivity contribution in [1.29, 1.82) is 0 Å². The normalized spacial score (nSPS) is 15.8. The lowest BCUT2D eigenvalue weighted by molar-refractivity contribution is -0.139. The molecule has 1 saturated carbocycles. The van der Waals surface area contributed by atoms with Gasteiger partial charge in [0.05, 0.1) is 6.54 Å². The van der Waals surface area contributed by atoms with Crippen LogP contribution in [0.2, 0.25) is 0 Å². The summed E-state index contributed by atoms with van der Waals surface area (Å²) in [7, 11) is 0. The molecule has 0 saturated heterocycles. The van der Waals surface area contributed by atoms with Gasteiger partial charge in [0.15, 0.2) is 0 Å². The highest BCUT2D eigenvalue weighted by molar-refractivity contribution is 5.74. The minimum absolute atomic E-state index is 0.297. The molecule has 1 fully saturated rings. The summed E-state index contributed by atoms with van der Waals surface area (Å²) in [4.78, 5) is 10.9. The van der Waals surface area contributed by atoms with Crippen LogP contribution in [-0.2, 0) is 4.79 Å². The Morgan fingerprint density at radius 2 is 2.12 bits per heavy atom. The minimum Gasteiger partial charge on any atom is -0.480 e. The van der Waals surface area contributed by atoms with Crippen molar-refractivity contribution in [2.24, 2.45) is 5.92 Å². The molecule has 1 unspecified atom stereocenters. The van der Waals surface area contributed by atoms with Gasteiger partial charge in [0.25, 0.3) is 0 Å². The van der Waals surface area contributed by atoms with Crippen LogP contribution in [0.25, 0.3) is 0 Å². The second kappa shape index (κ2) is 5.51. The van der Waals surface area contributed by atoms with Gasteiger partial charge in [-0.05, 0) is 30.9 Å². The number of rotatable bonds is 4. The summed E-state index contributed by atoms with van der Waals surface area (Å²) in [6.45, 7) is 0.419. The summed E-state index contributed by atoms with van der Waals surface area (Å²) in [6.07, 6.45) is 2.02. The molecule has 0 bridgehead atoms. The van der Waals surface area contributed by atoms with E-state index in [0.29, 0.717) is 12.5 Å². The maximum atomic E-state index is 10.9. The number of carboxylic acids is 1. The van der Waals surface area contributed by atoms with E-state index in [4.69, 9.17) is 5.11 Å². The molecule has 1 aliphatic rings. The first-order valence-electron chi connectivity index (χ1n) is 5.77. The Morgan fingerprint density at radius 3 is 2.71 bits per heavy atom. The molecule has 17 heavy (non-hydrogen) atoms. The minimum atomic E-state index is -0.769. The molecular formula is C14H15NO2. The predicted molar refractivity (Wildman–Crippen MR) is 65.5 cm³/mol. The molecule has 2 rings (SSSR count). The standard InChI is InChI=1S/C14H15NO2/c16-14(17)13(12-8-9-12)15-10-4-7-11-5-2-1-3-6-11/h1-3,5-6,12-13,15H,8-10H2,(H,16,17). The lowest BCUT2D eigenvalue weighted by Crippen LogP contribution is -2.38. The van der Waals surface area contributed by atoms with E-state index in [9.17, 15) is 4.79 Å². The summed E-state index contributed by atoms with van der Waals surface area (Å²) >= 11 is 0. The van der Waals surface area contributed by atoms with Crippen LogP contribution in [0.1, 0.15) is 18.4 Å². The largest absolute Gasteiger partial charge is 0.480 e. The fraction of sp³-hybridized carbons (Fsp3) is 0.357. The molecule has 0 spiro atoms. The molecule has 3 nitrogen and oxygen atoms in total. The second-order valence-electron chi connectivity index (χ2n) is 4.20. The molecule has 0 amide bonds. The van der Waals surface area contributed by atoms with Crippen LogP contribution < -0.4 is 5.32 Å². The van der Waals surface area contributed by atoms with E-state index < -0.39 is 12.0 Å². The van der Waals surface area contributed by atoms with E-state index in [1.165, 1.54) is 0 Å². The lowest BCUT2D eigenvalue weighted by atomic mass is 10.2. The first-order valence-corrected chi connectivity index (χ1v) is 5.77. The lowest BCUT2D eigenvalue weighted by Gasteiger charge is -2.10. The van der Waals surface area contributed by atoms with Gasteiger partial charge >= 0.3 is 5.97 Å². The topological polar surface area (TPSA) is 49.3 Å². The molecule has 1 aromatic rings. The van der Waals surface area contributed by atoms with Crippen LogP contribution in [0.4, 0.5) is 0 Å². The van der Waals surface area contributed by atoms with Gasteiger partial charge in [0, 0.05) is 5.56 Å². The van der Waals surface area contributed by atoms with Crippen LogP contribution >= 0.6 is 0 Å². The van der Waals surface area contributed by atoms with Gasteiger partial charge in [-0.25, -0.2) is 0 Å². The number of nitrogens with one attached hydrogen (secondary N) is 1. The number of hydrogen-bond acceptors (Lipinski definition) is 2. The molecule has 1 aliphatic carbocycles. The molecule has 0 radical (unpaired) electrons. The van der Waals surface area contributed by atoms with Crippen LogP contribution in [0.15, 0.2) is 30.3 Å². The van der Waals surface area contributed by atoms with E-state index in [0.717, 1.165) is 18.4 Å². The van der Waals surface area contributed by atoms with Gasteiger partial charge in [-0.1, -0.05) is 30.0 Å². The zero-order valence-corrected chi connectivity index (χ0v) is 9.52. The molecule has 88 valence electrons. The van der Waals surface area contributed by atoms with E-state index in [-0.39, 0.29) is 0 Å². The van der Waals surface area contributed by atoms with Gasteiger partial charge in [-0.15, -0.1) is 0 Å². The van der Waals surface area contributed by atoms with Crippen LogP contribution in [-0.4, -0.2) is 23.7 Å². The zero-order chi connectivity index (χ0) is 12.1. The highest BCUT2D eigenvalue weighted by Crippen LogP contribution is 2.32. The van der Waals surface area contributed by atoms with Crippen molar-refractivity contribution in [3.8, 4) is 11.8 Å². The van der Waals surface area contributed by atoms with E-state index in [1.807, 2.05) is 30.3 Å². The smallest absolute Gasteiger partial charge is 0.321 e. The summed E-state index contributed by atoms with van der Waals surface area (Å²) in [5, 5.41) is 12.0. The molecule has 2 N–H and O–H groups in total. The highest BCUT2D eigenvalue weighted by atomic mass is 16.4. The van der Waals surface area contributed by atoms with Gasteiger partial charge in [0.1, 0.15) is 6.04 Å². The molecule has 0 aromatic heterocycles. The van der Waals surface area contributed by atoms with Crippen LogP contribution in [0.3, 0.4) is 0 Å². The van der Waals surface area contributed by atoms with Gasteiger partial charge in [-0.2, -0.15) is 0 Å². The third-order valence-electron chi connectivity index (χ3n) is 2.78. The Hall–Kier alpha value is -1.79. The van der Waals surface area contributed by atoms with Crippen molar-refractivity contribution in [2.45, 2.75) is 18.9 Å². The molecule has 3 heteroatoms. The highest BCUT2D eigenvalue weighted by Gasteiger charge is 2.35. The average Bonchev–Trinajstić information content (AvgIpc) is 3.14. The number of benzene rings is 1.